The highest BCUT2D eigenvalue weighted by Gasteiger charge is 2.34. The maximum atomic E-state index is 13.6. The molecule has 0 aliphatic heterocycles. The molecule has 1 aliphatic rings. The molecule has 2 aromatic rings. The first-order valence-electron chi connectivity index (χ1n) is 9.26. The Bertz CT molecular complexity index is 934. The monoisotopic (exact) mass is 429 g/mol. The van der Waals surface area contributed by atoms with E-state index in [1.807, 2.05) is 0 Å². The van der Waals surface area contributed by atoms with Gasteiger partial charge in [-0.25, -0.2) is 8.78 Å². The van der Waals surface area contributed by atoms with Crippen molar-refractivity contribution >= 4 is 5.91 Å². The summed E-state index contributed by atoms with van der Waals surface area (Å²) in [4.78, 5) is 12.5. The van der Waals surface area contributed by atoms with Gasteiger partial charge in [0, 0.05) is 36.1 Å². The van der Waals surface area contributed by atoms with Crippen LogP contribution in [0, 0.1) is 5.92 Å². The van der Waals surface area contributed by atoms with Gasteiger partial charge in [0.15, 0.2) is 0 Å². The number of phenolic OH excluding ortho intramolecular Hbond substituents is 2. The number of carbonyl (C=O) groups excluding carboxylic acids is 1. The van der Waals surface area contributed by atoms with Crippen molar-refractivity contribution in [3.05, 3.63) is 58.1 Å². The zero-order valence-electron chi connectivity index (χ0n) is 16.0. The van der Waals surface area contributed by atoms with Crippen molar-refractivity contribution in [3.8, 4) is 11.5 Å². The van der Waals surface area contributed by atoms with Crippen LogP contribution in [0.2, 0.25) is 0 Å². The molecule has 0 radical (unpaired) electrons. The maximum Gasteiger partial charge on any atom is 0.416 e. The average molecular weight is 429 g/mol. The van der Waals surface area contributed by atoms with E-state index in [4.69, 9.17) is 0 Å². The van der Waals surface area contributed by atoms with Gasteiger partial charge < -0.3 is 15.5 Å². The zero-order chi connectivity index (χ0) is 22.3. The molecule has 30 heavy (non-hydrogen) atoms. The van der Waals surface area contributed by atoms with E-state index in [-0.39, 0.29) is 30.0 Å². The third kappa shape index (κ3) is 4.66. The molecule has 3 rings (SSSR count). The Morgan fingerprint density at radius 1 is 1.03 bits per heavy atom. The standard InChI is InChI=1S/C21H20F5NO3/c1-20(22,23)13-6-11(7-14(9-13)21(24,25)26)10-27-19(30)12-2-3-15-16(8-12)18(29)5-4-17(15)28/h4-7,9,12,28-29H,2-3,8,10H2,1H3,(H,27,30). The fourth-order valence-electron chi connectivity index (χ4n) is 3.61. The fraction of sp³-hybridized carbons (Fsp3) is 0.381. The van der Waals surface area contributed by atoms with Crippen molar-refractivity contribution < 1.29 is 37.0 Å². The second kappa shape index (κ2) is 7.77. The lowest BCUT2D eigenvalue weighted by atomic mass is 9.82. The molecule has 2 aromatic carbocycles. The van der Waals surface area contributed by atoms with Crippen LogP contribution in [-0.4, -0.2) is 16.1 Å². The quantitative estimate of drug-likeness (QED) is 0.490. The molecule has 1 atom stereocenters. The molecule has 4 nitrogen and oxygen atoms in total. The summed E-state index contributed by atoms with van der Waals surface area (Å²) in [5.74, 6) is -4.52. The van der Waals surface area contributed by atoms with Gasteiger partial charge in [0.2, 0.25) is 5.91 Å². The van der Waals surface area contributed by atoms with Crippen molar-refractivity contribution in [2.75, 3.05) is 0 Å². The summed E-state index contributed by atoms with van der Waals surface area (Å²) >= 11 is 0. The lowest BCUT2D eigenvalue weighted by Gasteiger charge is -2.25. The first kappa shape index (κ1) is 21.9. The predicted octanol–water partition coefficient (Wildman–Crippen LogP) is 4.65. The normalized spacial score (nSPS) is 16.8. The van der Waals surface area contributed by atoms with Crippen LogP contribution in [0.3, 0.4) is 0 Å². The Morgan fingerprint density at radius 2 is 1.63 bits per heavy atom. The van der Waals surface area contributed by atoms with Crippen LogP contribution in [0.4, 0.5) is 22.0 Å². The van der Waals surface area contributed by atoms with Crippen molar-refractivity contribution in [2.45, 2.75) is 44.8 Å². The molecule has 0 spiro atoms. The highest BCUT2D eigenvalue weighted by atomic mass is 19.4. The molecule has 9 heteroatoms. The SMILES string of the molecule is CC(F)(F)c1cc(CNC(=O)C2CCc3c(O)ccc(O)c3C2)cc(C(F)(F)F)c1. The van der Waals surface area contributed by atoms with Crippen LogP contribution in [0.5, 0.6) is 11.5 Å². The maximum absolute atomic E-state index is 13.6. The minimum atomic E-state index is -4.80. The number of fused-ring (bicyclic) bond motifs is 1. The molecule has 0 heterocycles. The van der Waals surface area contributed by atoms with Gasteiger partial charge in [0.25, 0.3) is 5.92 Å². The van der Waals surface area contributed by atoms with Gasteiger partial charge in [0.1, 0.15) is 11.5 Å². The highest BCUT2D eigenvalue weighted by Crippen LogP contribution is 2.37. The molecule has 0 saturated heterocycles. The lowest BCUT2D eigenvalue weighted by molar-refractivity contribution is -0.137. The van der Waals surface area contributed by atoms with E-state index in [0.29, 0.717) is 37.0 Å². The number of alkyl halides is 5. The average Bonchev–Trinajstić information content (AvgIpc) is 2.67. The van der Waals surface area contributed by atoms with Gasteiger partial charge in [-0.05, 0) is 55.2 Å². The Balaban J connectivity index is 1.75. The van der Waals surface area contributed by atoms with Gasteiger partial charge in [-0.3, -0.25) is 4.79 Å². The number of carbonyl (C=O) groups is 1. The smallest absolute Gasteiger partial charge is 0.416 e. The van der Waals surface area contributed by atoms with Crippen LogP contribution in [0.15, 0.2) is 30.3 Å². The second-order valence-electron chi connectivity index (χ2n) is 7.52. The molecule has 0 fully saturated rings. The Kier molecular flexibility index (Phi) is 5.66. The third-order valence-electron chi connectivity index (χ3n) is 5.24. The summed E-state index contributed by atoms with van der Waals surface area (Å²) in [6, 6.07) is 4.76. The summed E-state index contributed by atoms with van der Waals surface area (Å²) in [5, 5.41) is 22.4. The largest absolute Gasteiger partial charge is 0.508 e. The summed E-state index contributed by atoms with van der Waals surface area (Å²) in [6.45, 7) is 0.160. The van der Waals surface area contributed by atoms with Gasteiger partial charge in [-0.2, -0.15) is 13.2 Å². The van der Waals surface area contributed by atoms with E-state index in [1.165, 1.54) is 12.1 Å². The number of hydrogen-bond donors (Lipinski definition) is 3. The molecule has 0 aromatic heterocycles. The van der Waals surface area contributed by atoms with Gasteiger partial charge >= 0.3 is 6.18 Å². The van der Waals surface area contributed by atoms with Crippen LogP contribution in [0.25, 0.3) is 0 Å². The van der Waals surface area contributed by atoms with Crippen LogP contribution in [-0.2, 0) is 36.3 Å². The topological polar surface area (TPSA) is 69.6 Å². The molecule has 1 unspecified atom stereocenters. The second-order valence-corrected chi connectivity index (χ2v) is 7.52. The summed E-state index contributed by atoms with van der Waals surface area (Å²) in [5.41, 5.74) is -1.07. The number of halogens is 5. The highest BCUT2D eigenvalue weighted by molar-refractivity contribution is 5.79. The first-order chi connectivity index (χ1) is 13.9. The van der Waals surface area contributed by atoms with E-state index in [2.05, 4.69) is 5.32 Å². The van der Waals surface area contributed by atoms with Crippen LogP contribution < -0.4 is 5.32 Å². The fourth-order valence-corrected chi connectivity index (χ4v) is 3.61. The van der Waals surface area contributed by atoms with Crippen molar-refractivity contribution in [1.82, 2.24) is 5.32 Å². The van der Waals surface area contributed by atoms with Gasteiger partial charge in [0.05, 0.1) is 5.56 Å². The number of nitrogens with one attached hydrogen (secondary N) is 1. The zero-order valence-corrected chi connectivity index (χ0v) is 16.0. The summed E-state index contributed by atoms with van der Waals surface area (Å²) in [7, 11) is 0. The minimum absolute atomic E-state index is 0.0265. The molecular formula is C21H20F5NO3. The Morgan fingerprint density at radius 3 is 2.23 bits per heavy atom. The molecule has 0 bridgehead atoms. The van der Waals surface area contributed by atoms with E-state index >= 15 is 0 Å². The van der Waals surface area contributed by atoms with E-state index < -0.39 is 35.1 Å². The molecule has 3 N–H and O–H groups in total. The third-order valence-corrected chi connectivity index (χ3v) is 5.24. The predicted molar refractivity (Wildman–Crippen MR) is 98.1 cm³/mol. The number of aromatic hydroxyl groups is 2. The molecule has 1 aliphatic carbocycles. The number of hydrogen-bond acceptors (Lipinski definition) is 3. The van der Waals surface area contributed by atoms with Crippen LogP contribution >= 0.6 is 0 Å². The van der Waals surface area contributed by atoms with Crippen molar-refractivity contribution in [1.29, 1.82) is 0 Å². The van der Waals surface area contributed by atoms with E-state index in [9.17, 15) is 37.0 Å². The molecular weight excluding hydrogens is 409 g/mol. The Hall–Kier alpha value is -2.84. The number of rotatable bonds is 4. The summed E-state index contributed by atoms with van der Waals surface area (Å²) in [6.07, 6.45) is -3.92. The van der Waals surface area contributed by atoms with Crippen molar-refractivity contribution in [2.24, 2.45) is 5.92 Å². The number of phenols is 2. The number of amides is 1. The molecule has 1 amide bonds. The summed E-state index contributed by atoms with van der Waals surface area (Å²) < 4.78 is 66.4. The number of benzene rings is 2. The Labute approximate surface area is 169 Å². The molecule has 0 saturated carbocycles. The van der Waals surface area contributed by atoms with Gasteiger partial charge in [-0.15, -0.1) is 0 Å². The van der Waals surface area contributed by atoms with E-state index in [1.54, 1.807) is 0 Å². The van der Waals surface area contributed by atoms with E-state index in [0.717, 1.165) is 12.1 Å². The first-order valence-corrected chi connectivity index (χ1v) is 9.26. The van der Waals surface area contributed by atoms with Crippen molar-refractivity contribution in [3.63, 3.8) is 0 Å². The minimum Gasteiger partial charge on any atom is -0.508 e. The van der Waals surface area contributed by atoms with Crippen LogP contribution in [0.1, 0.15) is 41.2 Å². The van der Waals surface area contributed by atoms with Gasteiger partial charge in [-0.1, -0.05) is 0 Å². The molecule has 162 valence electrons. The lowest BCUT2D eigenvalue weighted by Crippen LogP contribution is -2.34.